The van der Waals surface area contributed by atoms with Gasteiger partial charge < -0.3 is 0 Å². The Morgan fingerprint density at radius 3 is 1.92 bits per heavy atom. The van der Waals surface area contributed by atoms with Gasteiger partial charge in [-0.05, 0) is 45.1 Å². The Labute approximate surface area is 77.4 Å². The van der Waals surface area contributed by atoms with E-state index in [1.165, 1.54) is 24.0 Å². The van der Waals surface area contributed by atoms with Crippen LogP contribution in [0.15, 0.2) is 23.3 Å². The molecule has 0 atom stereocenters. The number of rotatable bonds is 4. The van der Waals surface area contributed by atoms with Crippen LogP contribution in [0.1, 0.15) is 47.5 Å². The Balaban J connectivity index is 4.61. The van der Waals surface area contributed by atoms with Gasteiger partial charge in [0.15, 0.2) is 0 Å². The summed E-state index contributed by atoms with van der Waals surface area (Å²) in [6, 6.07) is 0. The molecule has 0 amide bonds. The zero-order valence-electron chi connectivity index (χ0n) is 9.15. The average Bonchev–Trinajstić information content (AvgIpc) is 2.05. The van der Waals surface area contributed by atoms with Crippen LogP contribution in [0.3, 0.4) is 0 Å². The van der Waals surface area contributed by atoms with Gasteiger partial charge in [-0.25, -0.2) is 0 Å². The molecular formula is C12H22. The predicted octanol–water partition coefficient (Wildman–Crippen LogP) is 4.34. The van der Waals surface area contributed by atoms with E-state index in [0.29, 0.717) is 0 Å². The monoisotopic (exact) mass is 166 g/mol. The molecule has 0 saturated heterocycles. The Morgan fingerprint density at radius 2 is 1.67 bits per heavy atom. The summed E-state index contributed by atoms with van der Waals surface area (Å²) >= 11 is 0. The lowest BCUT2D eigenvalue weighted by Gasteiger charge is -2.15. The molecule has 12 heavy (non-hydrogen) atoms. The molecule has 0 aliphatic heterocycles. The zero-order valence-corrected chi connectivity index (χ0v) is 9.15. The van der Waals surface area contributed by atoms with Crippen LogP contribution < -0.4 is 0 Å². The maximum atomic E-state index is 2.26. The largest absolute Gasteiger partial charge is 0.0874 e. The lowest BCUT2D eigenvalue weighted by Crippen LogP contribution is -2.01. The molecular weight excluding hydrogens is 144 g/mol. The molecule has 0 aliphatic carbocycles. The molecule has 0 aromatic heterocycles. The van der Waals surface area contributed by atoms with Gasteiger partial charge in [-0.2, -0.15) is 0 Å². The number of hydrogen-bond donors (Lipinski definition) is 0. The van der Waals surface area contributed by atoms with Crippen molar-refractivity contribution in [2.45, 2.75) is 47.5 Å². The molecule has 0 saturated carbocycles. The first-order chi connectivity index (χ1) is 5.67. The fourth-order valence-electron chi connectivity index (χ4n) is 1.62. The van der Waals surface area contributed by atoms with Gasteiger partial charge in [0.1, 0.15) is 0 Å². The topological polar surface area (TPSA) is 0 Å². The first-order valence-corrected chi connectivity index (χ1v) is 4.97. The van der Waals surface area contributed by atoms with Crippen molar-refractivity contribution < 1.29 is 0 Å². The molecule has 0 rings (SSSR count). The van der Waals surface area contributed by atoms with Gasteiger partial charge >= 0.3 is 0 Å². The van der Waals surface area contributed by atoms with E-state index < -0.39 is 0 Å². The Kier molecular flexibility index (Phi) is 5.79. The van der Waals surface area contributed by atoms with E-state index in [4.69, 9.17) is 0 Å². The van der Waals surface area contributed by atoms with Crippen molar-refractivity contribution in [1.29, 1.82) is 0 Å². The van der Waals surface area contributed by atoms with Crippen molar-refractivity contribution in [2.24, 2.45) is 5.92 Å². The van der Waals surface area contributed by atoms with Crippen molar-refractivity contribution in [3.8, 4) is 0 Å². The minimum atomic E-state index is 0.756. The molecule has 0 N–H and O–H groups in total. The summed E-state index contributed by atoms with van der Waals surface area (Å²) in [5.41, 5.74) is 2.99. The second-order valence-electron chi connectivity index (χ2n) is 3.47. The van der Waals surface area contributed by atoms with Crippen LogP contribution in [0.2, 0.25) is 0 Å². The lowest BCUT2D eigenvalue weighted by atomic mass is 9.90. The molecule has 0 spiro atoms. The molecule has 0 aromatic carbocycles. The first kappa shape index (κ1) is 11.5. The summed E-state index contributed by atoms with van der Waals surface area (Å²) in [7, 11) is 0. The highest BCUT2D eigenvalue weighted by molar-refractivity contribution is 5.25. The van der Waals surface area contributed by atoms with Gasteiger partial charge in [-0.1, -0.05) is 31.6 Å². The lowest BCUT2D eigenvalue weighted by molar-refractivity contribution is 0.578. The first-order valence-electron chi connectivity index (χ1n) is 4.97. The van der Waals surface area contributed by atoms with E-state index in [-0.39, 0.29) is 0 Å². The van der Waals surface area contributed by atoms with Crippen LogP contribution in [0.25, 0.3) is 0 Å². The third-order valence-corrected chi connectivity index (χ3v) is 2.35. The highest BCUT2D eigenvalue weighted by Crippen LogP contribution is 2.23. The molecule has 0 nitrogen and oxygen atoms in total. The van der Waals surface area contributed by atoms with Crippen molar-refractivity contribution in [1.82, 2.24) is 0 Å². The maximum absolute atomic E-state index is 2.26. The van der Waals surface area contributed by atoms with Crippen LogP contribution in [0.4, 0.5) is 0 Å². The van der Waals surface area contributed by atoms with Crippen LogP contribution in [-0.4, -0.2) is 0 Å². The summed E-state index contributed by atoms with van der Waals surface area (Å²) in [5.74, 6) is 0.756. The second kappa shape index (κ2) is 6.05. The van der Waals surface area contributed by atoms with Crippen molar-refractivity contribution >= 4 is 0 Å². The van der Waals surface area contributed by atoms with E-state index in [1.807, 2.05) is 0 Å². The predicted molar refractivity (Wildman–Crippen MR) is 57.3 cm³/mol. The van der Waals surface area contributed by atoms with Gasteiger partial charge in [-0.3, -0.25) is 0 Å². The minimum absolute atomic E-state index is 0.756. The summed E-state index contributed by atoms with van der Waals surface area (Å²) < 4.78 is 0. The molecule has 0 bridgehead atoms. The normalized spacial score (nSPS) is 11.2. The Morgan fingerprint density at radius 1 is 1.17 bits per heavy atom. The van der Waals surface area contributed by atoms with Gasteiger partial charge in [0.2, 0.25) is 0 Å². The summed E-state index contributed by atoms with van der Waals surface area (Å²) in [6.45, 7) is 11.0. The third-order valence-electron chi connectivity index (χ3n) is 2.35. The summed E-state index contributed by atoms with van der Waals surface area (Å²) in [6.07, 6.45) is 6.90. The van der Waals surface area contributed by atoms with Gasteiger partial charge in [0.25, 0.3) is 0 Å². The molecule has 0 aromatic rings. The SMILES string of the molecule is C/C=C\C(=C(C)C)C(CC)CC. The van der Waals surface area contributed by atoms with Gasteiger partial charge in [0, 0.05) is 0 Å². The highest BCUT2D eigenvalue weighted by atomic mass is 14.1. The van der Waals surface area contributed by atoms with E-state index in [0.717, 1.165) is 5.92 Å². The smallest absolute Gasteiger partial charge is 0.0168 e. The zero-order chi connectivity index (χ0) is 9.56. The fourth-order valence-corrected chi connectivity index (χ4v) is 1.62. The van der Waals surface area contributed by atoms with E-state index >= 15 is 0 Å². The number of hydrogen-bond acceptors (Lipinski definition) is 0. The Hall–Kier alpha value is -0.520. The van der Waals surface area contributed by atoms with E-state index in [9.17, 15) is 0 Å². The van der Waals surface area contributed by atoms with Crippen molar-refractivity contribution in [3.63, 3.8) is 0 Å². The number of allylic oxidation sites excluding steroid dienone is 4. The summed E-state index contributed by atoms with van der Waals surface area (Å²) in [5, 5.41) is 0. The minimum Gasteiger partial charge on any atom is -0.0874 e. The van der Waals surface area contributed by atoms with Crippen LogP contribution in [-0.2, 0) is 0 Å². The standard InChI is InChI=1S/C12H22/c1-6-9-12(10(4)5)11(7-2)8-3/h6,9,11H,7-8H2,1-5H3/b9-6-. The van der Waals surface area contributed by atoms with Crippen molar-refractivity contribution in [2.75, 3.05) is 0 Å². The quantitative estimate of drug-likeness (QED) is 0.545. The fraction of sp³-hybridized carbons (Fsp3) is 0.667. The molecule has 0 unspecified atom stereocenters. The van der Waals surface area contributed by atoms with Gasteiger partial charge in [0.05, 0.1) is 0 Å². The highest BCUT2D eigenvalue weighted by Gasteiger charge is 2.07. The van der Waals surface area contributed by atoms with Gasteiger partial charge in [-0.15, -0.1) is 0 Å². The molecule has 0 fully saturated rings. The molecule has 0 heterocycles. The summed E-state index contributed by atoms with van der Waals surface area (Å²) in [4.78, 5) is 0. The second-order valence-corrected chi connectivity index (χ2v) is 3.47. The molecule has 0 aliphatic rings. The molecule has 0 heteroatoms. The van der Waals surface area contributed by atoms with Crippen molar-refractivity contribution in [3.05, 3.63) is 23.3 Å². The van der Waals surface area contributed by atoms with Crippen LogP contribution >= 0.6 is 0 Å². The third kappa shape index (κ3) is 3.25. The van der Waals surface area contributed by atoms with Crippen LogP contribution in [0, 0.1) is 5.92 Å². The molecule has 70 valence electrons. The average molecular weight is 166 g/mol. The Bertz CT molecular complexity index is 164. The van der Waals surface area contributed by atoms with E-state index in [2.05, 4.69) is 46.8 Å². The van der Waals surface area contributed by atoms with Crippen LogP contribution in [0.5, 0.6) is 0 Å². The maximum Gasteiger partial charge on any atom is -0.0168 e. The van der Waals surface area contributed by atoms with E-state index in [1.54, 1.807) is 0 Å². The molecule has 0 radical (unpaired) electrons.